The average Bonchev–Trinajstić information content (AvgIpc) is 3.08. The quantitative estimate of drug-likeness (QED) is 0.477. The zero-order valence-electron chi connectivity index (χ0n) is 17.5. The molecule has 1 spiro atoms. The lowest BCUT2D eigenvalue weighted by Gasteiger charge is -2.54. The fourth-order valence-electron chi connectivity index (χ4n) is 4.97. The molecule has 31 heavy (non-hydrogen) atoms. The van der Waals surface area contributed by atoms with Crippen LogP contribution in [-0.2, 0) is 13.6 Å². The van der Waals surface area contributed by atoms with Crippen LogP contribution in [-0.4, -0.2) is 56.7 Å². The molecular formula is C22H27ClN6O2. The van der Waals surface area contributed by atoms with Crippen LogP contribution >= 0.6 is 12.4 Å². The maximum absolute atomic E-state index is 11.4. The highest BCUT2D eigenvalue weighted by molar-refractivity contribution is 5.92. The molecule has 0 bridgehead atoms. The average molecular weight is 443 g/mol. The van der Waals surface area contributed by atoms with Crippen molar-refractivity contribution in [3.05, 3.63) is 54.0 Å². The van der Waals surface area contributed by atoms with E-state index in [9.17, 15) is 4.79 Å². The van der Waals surface area contributed by atoms with Gasteiger partial charge in [-0.15, -0.1) is 12.4 Å². The van der Waals surface area contributed by atoms with Crippen molar-refractivity contribution in [2.75, 3.05) is 31.1 Å². The fraction of sp³-hybridized carbons (Fsp3) is 0.409. The molecule has 8 nitrogen and oxygen atoms in total. The zero-order valence-corrected chi connectivity index (χ0v) is 18.3. The molecule has 164 valence electrons. The van der Waals surface area contributed by atoms with E-state index < -0.39 is 5.91 Å². The summed E-state index contributed by atoms with van der Waals surface area (Å²) < 4.78 is 2.22. The monoisotopic (exact) mass is 442 g/mol. The van der Waals surface area contributed by atoms with Gasteiger partial charge < -0.3 is 9.47 Å². The standard InChI is InChI=1S/C22H26N6O2.ClH/c1-26-12-17(18-4-2-3-5-19(18)26)13-27-14-22(15-27)6-8-28(9-7-22)21-23-10-16(11-24-21)20(29)25-30;/h2-5,10-12,30H,6-9,13-15H2,1H3,(H,25,29);1H. The van der Waals surface area contributed by atoms with Crippen molar-refractivity contribution in [2.24, 2.45) is 12.5 Å². The minimum atomic E-state index is -0.597. The van der Waals surface area contributed by atoms with Crippen molar-refractivity contribution in [1.82, 2.24) is 24.9 Å². The number of anilines is 1. The van der Waals surface area contributed by atoms with Crippen molar-refractivity contribution in [3.8, 4) is 0 Å². The van der Waals surface area contributed by atoms with E-state index in [4.69, 9.17) is 5.21 Å². The summed E-state index contributed by atoms with van der Waals surface area (Å²) in [5.41, 5.74) is 4.94. The number of halogens is 1. The topological polar surface area (TPSA) is 86.5 Å². The zero-order chi connectivity index (χ0) is 20.7. The van der Waals surface area contributed by atoms with Crippen LogP contribution in [0.15, 0.2) is 42.9 Å². The molecule has 0 radical (unpaired) electrons. The molecule has 0 unspecified atom stereocenters. The van der Waals surface area contributed by atoms with Gasteiger partial charge in [-0.25, -0.2) is 15.4 Å². The van der Waals surface area contributed by atoms with Crippen LogP contribution in [0.25, 0.3) is 10.9 Å². The lowest BCUT2D eigenvalue weighted by atomic mass is 9.72. The Labute approximate surface area is 187 Å². The van der Waals surface area contributed by atoms with Crippen LogP contribution in [0.1, 0.15) is 28.8 Å². The SMILES string of the molecule is Cl.Cn1cc(CN2CC3(CCN(c4ncc(C(=O)NO)cn4)CC3)C2)c2ccccc21. The van der Waals surface area contributed by atoms with Crippen molar-refractivity contribution in [2.45, 2.75) is 19.4 Å². The first-order chi connectivity index (χ1) is 14.6. The van der Waals surface area contributed by atoms with E-state index in [0.29, 0.717) is 11.4 Å². The van der Waals surface area contributed by atoms with Crippen LogP contribution in [0.5, 0.6) is 0 Å². The molecule has 1 aromatic carbocycles. The Morgan fingerprint density at radius 3 is 2.52 bits per heavy atom. The van der Waals surface area contributed by atoms with E-state index in [0.717, 1.165) is 45.6 Å². The number of amides is 1. The number of aromatic nitrogens is 3. The number of aryl methyl sites for hydroxylation is 1. The number of para-hydroxylation sites is 1. The second-order valence-corrected chi connectivity index (χ2v) is 8.63. The number of likely N-dealkylation sites (tertiary alicyclic amines) is 1. The Kier molecular flexibility index (Phi) is 5.88. The number of carbonyl (C=O) groups excluding carboxylic acids is 1. The second-order valence-electron chi connectivity index (χ2n) is 8.63. The van der Waals surface area contributed by atoms with Gasteiger partial charge in [-0.2, -0.15) is 0 Å². The van der Waals surface area contributed by atoms with E-state index in [2.05, 4.69) is 61.8 Å². The van der Waals surface area contributed by atoms with E-state index in [1.807, 2.05) is 0 Å². The number of piperidine rings is 1. The van der Waals surface area contributed by atoms with E-state index >= 15 is 0 Å². The summed E-state index contributed by atoms with van der Waals surface area (Å²) in [5, 5.41) is 10.0. The summed E-state index contributed by atoms with van der Waals surface area (Å²) in [6.45, 7) is 5.13. The Balaban J connectivity index is 0.00000231. The highest BCUT2D eigenvalue weighted by atomic mass is 35.5. The molecular weight excluding hydrogens is 416 g/mol. The number of nitrogens with zero attached hydrogens (tertiary/aromatic N) is 5. The fourth-order valence-corrected chi connectivity index (χ4v) is 4.97. The molecule has 0 saturated carbocycles. The third kappa shape index (κ3) is 3.98. The van der Waals surface area contributed by atoms with Crippen molar-refractivity contribution < 1.29 is 10.0 Å². The lowest BCUT2D eigenvalue weighted by Crippen LogP contribution is -2.59. The van der Waals surface area contributed by atoms with Crippen molar-refractivity contribution in [3.63, 3.8) is 0 Å². The first-order valence-electron chi connectivity index (χ1n) is 10.3. The molecule has 3 aromatic rings. The van der Waals surface area contributed by atoms with Gasteiger partial charge in [0.2, 0.25) is 5.95 Å². The van der Waals surface area contributed by atoms with Crippen LogP contribution in [0.4, 0.5) is 5.95 Å². The van der Waals surface area contributed by atoms with Crippen LogP contribution in [0.2, 0.25) is 0 Å². The number of rotatable bonds is 4. The van der Waals surface area contributed by atoms with Crippen LogP contribution in [0, 0.1) is 5.41 Å². The predicted octanol–water partition coefficient (Wildman–Crippen LogP) is 2.61. The number of carbonyl (C=O) groups is 1. The van der Waals surface area contributed by atoms with Gasteiger partial charge in [0.05, 0.1) is 5.56 Å². The number of nitrogens with one attached hydrogen (secondary N) is 1. The molecule has 2 aliphatic heterocycles. The van der Waals surface area contributed by atoms with Gasteiger partial charge >= 0.3 is 0 Å². The van der Waals surface area contributed by atoms with Crippen molar-refractivity contribution in [1.29, 1.82) is 0 Å². The molecule has 4 heterocycles. The van der Waals surface area contributed by atoms with Gasteiger partial charge in [-0.3, -0.25) is 14.9 Å². The summed E-state index contributed by atoms with van der Waals surface area (Å²) in [6, 6.07) is 8.60. The number of hydrogen-bond donors (Lipinski definition) is 2. The molecule has 2 N–H and O–H groups in total. The number of benzene rings is 1. The third-order valence-corrected chi connectivity index (χ3v) is 6.60. The Bertz CT molecular complexity index is 1070. The molecule has 0 aliphatic carbocycles. The second kappa shape index (κ2) is 8.45. The molecule has 2 aliphatic rings. The summed E-state index contributed by atoms with van der Waals surface area (Å²) in [7, 11) is 2.12. The lowest BCUT2D eigenvalue weighted by molar-refractivity contribution is -0.0239. The molecule has 1 amide bonds. The summed E-state index contributed by atoms with van der Waals surface area (Å²) in [5.74, 6) is 0.0474. The van der Waals surface area contributed by atoms with Gasteiger partial charge in [-0.05, 0) is 29.9 Å². The van der Waals surface area contributed by atoms with Gasteiger partial charge in [-0.1, -0.05) is 18.2 Å². The Hall–Kier alpha value is -2.68. The normalized spacial score (nSPS) is 17.9. The smallest absolute Gasteiger partial charge is 0.277 e. The molecule has 9 heteroatoms. The minimum absolute atomic E-state index is 0. The summed E-state index contributed by atoms with van der Waals surface area (Å²) >= 11 is 0. The van der Waals surface area contributed by atoms with E-state index in [-0.39, 0.29) is 18.0 Å². The van der Waals surface area contributed by atoms with Gasteiger partial charge in [0.1, 0.15) is 0 Å². The van der Waals surface area contributed by atoms with Gasteiger partial charge in [0, 0.05) is 69.3 Å². The van der Waals surface area contributed by atoms with E-state index in [1.165, 1.54) is 28.9 Å². The highest BCUT2D eigenvalue weighted by Gasteiger charge is 2.45. The number of fused-ring (bicyclic) bond motifs is 1. The number of hydrogen-bond acceptors (Lipinski definition) is 6. The first-order valence-corrected chi connectivity index (χ1v) is 10.3. The Morgan fingerprint density at radius 1 is 1.16 bits per heavy atom. The van der Waals surface area contributed by atoms with Crippen LogP contribution in [0.3, 0.4) is 0 Å². The molecule has 2 aromatic heterocycles. The first kappa shape index (κ1) is 21.5. The summed E-state index contributed by atoms with van der Waals surface area (Å²) in [4.78, 5) is 24.7. The predicted molar refractivity (Wildman–Crippen MR) is 121 cm³/mol. The molecule has 2 fully saturated rings. The van der Waals surface area contributed by atoms with Crippen LogP contribution < -0.4 is 10.4 Å². The minimum Gasteiger partial charge on any atom is -0.350 e. The molecule has 2 saturated heterocycles. The maximum atomic E-state index is 11.4. The summed E-state index contributed by atoms with van der Waals surface area (Å²) in [6.07, 6.45) is 7.42. The molecule has 0 atom stereocenters. The highest BCUT2D eigenvalue weighted by Crippen LogP contribution is 2.42. The van der Waals surface area contributed by atoms with Gasteiger partial charge in [0.25, 0.3) is 5.91 Å². The van der Waals surface area contributed by atoms with Crippen molar-refractivity contribution >= 4 is 35.2 Å². The third-order valence-electron chi connectivity index (χ3n) is 6.60. The molecule has 5 rings (SSSR count). The number of hydroxylamine groups is 1. The Morgan fingerprint density at radius 2 is 1.84 bits per heavy atom. The largest absolute Gasteiger partial charge is 0.350 e. The maximum Gasteiger partial charge on any atom is 0.277 e. The van der Waals surface area contributed by atoms with E-state index in [1.54, 1.807) is 5.48 Å². The van der Waals surface area contributed by atoms with Gasteiger partial charge in [0.15, 0.2) is 0 Å².